The molecule has 134 valence electrons. The van der Waals surface area contributed by atoms with Gasteiger partial charge in [-0.05, 0) is 48.9 Å². The first-order chi connectivity index (χ1) is 13.1. The van der Waals surface area contributed by atoms with Crippen LogP contribution in [0.25, 0.3) is 16.6 Å². The van der Waals surface area contributed by atoms with E-state index in [-0.39, 0.29) is 0 Å². The number of hydrogen-bond acceptors (Lipinski definition) is 5. The maximum atomic E-state index is 8.48. The number of pyridine rings is 1. The molecule has 3 aromatic heterocycles. The minimum absolute atomic E-state index is 0.370. The highest BCUT2D eigenvalue weighted by atomic mass is 15.3. The Kier molecular flexibility index (Phi) is 4.33. The van der Waals surface area contributed by atoms with Crippen LogP contribution in [0.1, 0.15) is 11.3 Å². The number of nitrogens with one attached hydrogen (secondary N) is 1. The van der Waals surface area contributed by atoms with Crippen LogP contribution < -0.4 is 5.49 Å². The van der Waals surface area contributed by atoms with Gasteiger partial charge in [0, 0.05) is 31.2 Å². The van der Waals surface area contributed by atoms with Crippen molar-refractivity contribution >= 4 is 16.7 Å². The topological polar surface area (TPSA) is 84.7 Å². The van der Waals surface area contributed by atoms with Gasteiger partial charge in [0.1, 0.15) is 5.84 Å². The average Bonchev–Trinajstić information content (AvgIpc) is 3.22. The maximum Gasteiger partial charge on any atom is 0.150 e. The second-order valence-corrected chi connectivity index (χ2v) is 6.26. The predicted molar refractivity (Wildman–Crippen MR) is 104 cm³/mol. The van der Waals surface area contributed by atoms with E-state index in [2.05, 4.69) is 26.2 Å². The fourth-order valence-corrected chi connectivity index (χ4v) is 2.97. The SMILES string of the molecule is CN=c1ccc(C)nn1C(=N)Cc1ccc2ncc(-n3cccn3)cc2c1. The molecule has 0 unspecified atom stereocenters. The summed E-state index contributed by atoms with van der Waals surface area (Å²) in [5.74, 6) is 0.370. The molecule has 0 amide bonds. The first kappa shape index (κ1) is 16.8. The summed E-state index contributed by atoms with van der Waals surface area (Å²) in [5.41, 5.74) is 4.34. The fraction of sp³-hybridized carbons (Fsp3) is 0.150. The molecule has 0 saturated carbocycles. The molecule has 0 spiro atoms. The summed E-state index contributed by atoms with van der Waals surface area (Å²) < 4.78 is 3.36. The molecule has 0 bridgehead atoms. The highest BCUT2D eigenvalue weighted by Gasteiger charge is 2.07. The first-order valence-corrected chi connectivity index (χ1v) is 8.60. The molecule has 0 aliphatic carbocycles. The monoisotopic (exact) mass is 357 g/mol. The predicted octanol–water partition coefficient (Wildman–Crippen LogP) is 2.52. The minimum atomic E-state index is 0.370. The van der Waals surface area contributed by atoms with E-state index in [0.717, 1.165) is 27.8 Å². The molecule has 0 aliphatic rings. The van der Waals surface area contributed by atoms with Gasteiger partial charge < -0.3 is 0 Å². The van der Waals surface area contributed by atoms with Crippen LogP contribution >= 0.6 is 0 Å². The smallest absolute Gasteiger partial charge is 0.150 e. The van der Waals surface area contributed by atoms with E-state index in [1.807, 2.05) is 49.5 Å². The Labute approximate surface area is 156 Å². The maximum absolute atomic E-state index is 8.48. The lowest BCUT2D eigenvalue weighted by Gasteiger charge is -2.10. The average molecular weight is 357 g/mol. The fourth-order valence-electron chi connectivity index (χ4n) is 2.97. The summed E-state index contributed by atoms with van der Waals surface area (Å²) in [6.45, 7) is 1.90. The number of benzene rings is 1. The van der Waals surface area contributed by atoms with Crippen molar-refractivity contribution in [2.75, 3.05) is 7.05 Å². The van der Waals surface area contributed by atoms with Crippen molar-refractivity contribution in [2.45, 2.75) is 13.3 Å². The van der Waals surface area contributed by atoms with Gasteiger partial charge in [0.05, 0.1) is 23.1 Å². The molecule has 27 heavy (non-hydrogen) atoms. The van der Waals surface area contributed by atoms with Gasteiger partial charge in [0.25, 0.3) is 0 Å². The Morgan fingerprint density at radius 1 is 1.19 bits per heavy atom. The van der Waals surface area contributed by atoms with E-state index < -0.39 is 0 Å². The number of nitrogens with zero attached hydrogens (tertiary/aromatic N) is 6. The molecule has 0 saturated heterocycles. The van der Waals surface area contributed by atoms with Crippen LogP contribution in [0.15, 0.2) is 66.0 Å². The van der Waals surface area contributed by atoms with Crippen molar-refractivity contribution in [1.29, 1.82) is 5.41 Å². The second kappa shape index (κ2) is 6.95. The van der Waals surface area contributed by atoms with Crippen molar-refractivity contribution in [3.8, 4) is 5.69 Å². The summed E-state index contributed by atoms with van der Waals surface area (Å²) in [5, 5.41) is 18.2. The highest BCUT2D eigenvalue weighted by Crippen LogP contribution is 2.18. The Hall–Kier alpha value is -3.61. The molecular weight excluding hydrogens is 338 g/mol. The minimum Gasteiger partial charge on any atom is -0.286 e. The van der Waals surface area contributed by atoms with Crippen molar-refractivity contribution in [3.63, 3.8) is 0 Å². The lowest BCUT2D eigenvalue weighted by atomic mass is 10.1. The molecule has 4 rings (SSSR count). The zero-order valence-corrected chi connectivity index (χ0v) is 15.2. The quantitative estimate of drug-likeness (QED) is 0.452. The summed E-state index contributed by atoms with van der Waals surface area (Å²) in [6, 6.07) is 13.7. The van der Waals surface area contributed by atoms with E-state index >= 15 is 0 Å². The van der Waals surface area contributed by atoms with Crippen molar-refractivity contribution in [1.82, 2.24) is 24.5 Å². The number of fused-ring (bicyclic) bond motifs is 1. The van der Waals surface area contributed by atoms with Gasteiger partial charge in [-0.3, -0.25) is 15.4 Å². The zero-order chi connectivity index (χ0) is 18.8. The van der Waals surface area contributed by atoms with Gasteiger partial charge in [-0.2, -0.15) is 10.2 Å². The summed E-state index contributed by atoms with van der Waals surface area (Å²) >= 11 is 0. The van der Waals surface area contributed by atoms with Crippen LogP contribution in [0.5, 0.6) is 0 Å². The molecule has 0 fully saturated rings. The van der Waals surface area contributed by atoms with Gasteiger partial charge >= 0.3 is 0 Å². The van der Waals surface area contributed by atoms with Gasteiger partial charge in [0.2, 0.25) is 0 Å². The van der Waals surface area contributed by atoms with E-state index in [1.54, 1.807) is 28.8 Å². The zero-order valence-electron chi connectivity index (χ0n) is 15.2. The van der Waals surface area contributed by atoms with Crippen LogP contribution in [0.2, 0.25) is 0 Å². The second-order valence-electron chi connectivity index (χ2n) is 6.26. The largest absolute Gasteiger partial charge is 0.286 e. The molecule has 0 atom stereocenters. The molecule has 4 aromatic rings. The summed E-state index contributed by atoms with van der Waals surface area (Å²) in [7, 11) is 1.70. The standard InChI is InChI=1S/C20H19N7/c1-14-4-7-20(22-2)27(25-14)19(21)11-15-5-6-18-16(10-15)12-17(13-23-18)26-9-3-8-24-26/h3-10,12-13,21H,11H2,1-2H3. The Morgan fingerprint density at radius 2 is 2.07 bits per heavy atom. The third kappa shape index (κ3) is 3.39. The lowest BCUT2D eigenvalue weighted by Crippen LogP contribution is -2.31. The van der Waals surface area contributed by atoms with Crippen LogP contribution in [-0.4, -0.2) is 37.4 Å². The Bertz CT molecular complexity index is 1190. The summed E-state index contributed by atoms with van der Waals surface area (Å²) in [6.07, 6.45) is 5.88. The summed E-state index contributed by atoms with van der Waals surface area (Å²) in [4.78, 5) is 8.71. The molecule has 7 heteroatoms. The van der Waals surface area contributed by atoms with Crippen molar-refractivity contribution in [2.24, 2.45) is 4.99 Å². The van der Waals surface area contributed by atoms with Crippen LogP contribution in [0, 0.1) is 12.3 Å². The van der Waals surface area contributed by atoms with Gasteiger partial charge in [-0.15, -0.1) is 0 Å². The van der Waals surface area contributed by atoms with E-state index in [0.29, 0.717) is 17.7 Å². The molecule has 1 aromatic carbocycles. The van der Waals surface area contributed by atoms with Crippen LogP contribution in [0.4, 0.5) is 0 Å². The van der Waals surface area contributed by atoms with E-state index in [1.165, 1.54) is 0 Å². The number of aromatic nitrogens is 5. The third-order valence-electron chi connectivity index (χ3n) is 4.30. The molecule has 7 nitrogen and oxygen atoms in total. The molecule has 0 radical (unpaired) electrons. The Balaban J connectivity index is 1.68. The lowest BCUT2D eigenvalue weighted by molar-refractivity contribution is 0.784. The van der Waals surface area contributed by atoms with Gasteiger partial charge in [0.15, 0.2) is 5.49 Å². The number of hydrogen-bond donors (Lipinski definition) is 1. The third-order valence-corrected chi connectivity index (χ3v) is 4.30. The van der Waals surface area contributed by atoms with Gasteiger partial charge in [-0.1, -0.05) is 6.07 Å². The van der Waals surface area contributed by atoms with Crippen molar-refractivity contribution in [3.05, 3.63) is 77.8 Å². The normalized spacial score (nSPS) is 11.9. The molecule has 3 heterocycles. The van der Waals surface area contributed by atoms with Crippen LogP contribution in [0.3, 0.4) is 0 Å². The first-order valence-electron chi connectivity index (χ1n) is 8.60. The van der Waals surface area contributed by atoms with E-state index in [9.17, 15) is 0 Å². The number of aryl methyl sites for hydroxylation is 1. The number of rotatable bonds is 3. The molecule has 0 aliphatic heterocycles. The molecule has 1 N–H and O–H groups in total. The van der Waals surface area contributed by atoms with Crippen molar-refractivity contribution < 1.29 is 0 Å². The van der Waals surface area contributed by atoms with Gasteiger partial charge in [-0.25, -0.2) is 9.36 Å². The van der Waals surface area contributed by atoms with E-state index in [4.69, 9.17) is 5.41 Å². The Morgan fingerprint density at radius 3 is 2.85 bits per heavy atom. The van der Waals surface area contributed by atoms with Crippen LogP contribution in [-0.2, 0) is 6.42 Å². The molecular formula is C20H19N7. The highest BCUT2D eigenvalue weighted by molar-refractivity contribution is 5.86.